The largest absolute Gasteiger partial charge is 0.463 e. The number of ether oxygens (including phenoxy) is 1. The second kappa shape index (κ2) is 7.55. The molecule has 0 atom stereocenters. The Morgan fingerprint density at radius 3 is 2.88 bits per heavy atom. The van der Waals surface area contributed by atoms with Gasteiger partial charge in [-0.25, -0.2) is 4.79 Å². The van der Waals surface area contributed by atoms with Gasteiger partial charge in [0.2, 0.25) is 0 Å². The molecule has 2 aromatic rings. The van der Waals surface area contributed by atoms with Crippen LogP contribution in [0.5, 0.6) is 0 Å². The summed E-state index contributed by atoms with van der Waals surface area (Å²) < 4.78 is 5.46. The lowest BCUT2D eigenvalue weighted by Gasteiger charge is -2.02. The number of aromatic amines is 1. The molecule has 0 aliphatic carbocycles. The standard InChI is InChI=1S/C15H15N3O5S/c1-3-23-14(19)8-13-17-15(20)12(24-13)7-9-4-5-10(16-2)11(6-9)18(21)22/h4-8,16H,3H2,1-2H3,(H,17,20)/b12-7+,13-8+. The average molecular weight is 349 g/mol. The minimum Gasteiger partial charge on any atom is -0.463 e. The Balaban J connectivity index is 2.48. The molecule has 0 saturated heterocycles. The van der Waals surface area contributed by atoms with Crippen molar-refractivity contribution >= 4 is 40.8 Å². The number of carbonyl (C=O) groups is 1. The van der Waals surface area contributed by atoms with Crippen LogP contribution < -0.4 is 20.1 Å². The van der Waals surface area contributed by atoms with Crippen molar-refractivity contribution in [3.63, 3.8) is 0 Å². The topological polar surface area (TPSA) is 114 Å². The molecular weight excluding hydrogens is 334 g/mol. The number of carbonyl (C=O) groups excluding carboxylic acids is 1. The van der Waals surface area contributed by atoms with Gasteiger partial charge in [0, 0.05) is 13.1 Å². The number of rotatable bonds is 5. The number of anilines is 1. The highest BCUT2D eigenvalue weighted by Crippen LogP contribution is 2.25. The molecule has 0 spiro atoms. The summed E-state index contributed by atoms with van der Waals surface area (Å²) in [6.07, 6.45) is 2.72. The Hall–Kier alpha value is -2.94. The number of nitro benzene ring substituents is 1. The van der Waals surface area contributed by atoms with E-state index in [9.17, 15) is 19.7 Å². The zero-order valence-electron chi connectivity index (χ0n) is 13.0. The van der Waals surface area contributed by atoms with Crippen LogP contribution in [-0.4, -0.2) is 29.5 Å². The number of nitrogens with one attached hydrogen (secondary N) is 2. The van der Waals surface area contributed by atoms with Crippen molar-refractivity contribution in [2.75, 3.05) is 19.0 Å². The Labute approximate surface area is 140 Å². The van der Waals surface area contributed by atoms with Crippen molar-refractivity contribution in [1.29, 1.82) is 0 Å². The number of benzene rings is 1. The lowest BCUT2D eigenvalue weighted by Crippen LogP contribution is -2.20. The molecule has 2 N–H and O–H groups in total. The quantitative estimate of drug-likeness (QED) is 0.463. The molecule has 9 heteroatoms. The van der Waals surface area contributed by atoms with Gasteiger partial charge in [-0.3, -0.25) is 14.9 Å². The van der Waals surface area contributed by atoms with Crippen LogP contribution in [0.15, 0.2) is 23.0 Å². The predicted octanol–water partition coefficient (Wildman–Crippen LogP) is 0.559. The molecule has 0 aliphatic rings. The average Bonchev–Trinajstić information content (AvgIpc) is 2.86. The molecule has 8 nitrogen and oxygen atoms in total. The minimum absolute atomic E-state index is 0.0856. The van der Waals surface area contributed by atoms with Crippen molar-refractivity contribution in [3.05, 3.63) is 53.4 Å². The Kier molecular flexibility index (Phi) is 5.48. The van der Waals surface area contributed by atoms with Crippen LogP contribution >= 0.6 is 11.3 Å². The maximum absolute atomic E-state index is 11.9. The lowest BCUT2D eigenvalue weighted by molar-refractivity contribution is -0.384. The third kappa shape index (κ3) is 4.07. The molecule has 0 bridgehead atoms. The maximum atomic E-state index is 11.9. The summed E-state index contributed by atoms with van der Waals surface area (Å²) >= 11 is 1.07. The van der Waals surface area contributed by atoms with Gasteiger partial charge in [0.15, 0.2) is 0 Å². The molecule has 0 fully saturated rings. The van der Waals surface area contributed by atoms with E-state index in [0.29, 0.717) is 20.4 Å². The summed E-state index contributed by atoms with van der Waals surface area (Å²) in [4.78, 5) is 36.4. The second-order valence-corrected chi connectivity index (χ2v) is 5.69. The fourth-order valence-electron chi connectivity index (χ4n) is 1.97. The summed E-state index contributed by atoms with van der Waals surface area (Å²) in [5.74, 6) is -0.546. The molecule has 0 amide bonds. The van der Waals surface area contributed by atoms with Crippen LogP contribution in [0.3, 0.4) is 0 Å². The van der Waals surface area contributed by atoms with Crippen LogP contribution in [0.2, 0.25) is 0 Å². The first-order chi connectivity index (χ1) is 11.4. The lowest BCUT2D eigenvalue weighted by atomic mass is 10.1. The first-order valence-corrected chi connectivity index (χ1v) is 7.81. The van der Waals surface area contributed by atoms with E-state index in [0.717, 1.165) is 11.3 Å². The summed E-state index contributed by atoms with van der Waals surface area (Å²) in [5.41, 5.74) is 0.428. The first-order valence-electron chi connectivity index (χ1n) is 7.00. The Morgan fingerprint density at radius 2 is 2.25 bits per heavy atom. The molecule has 24 heavy (non-hydrogen) atoms. The third-order valence-corrected chi connectivity index (χ3v) is 3.96. The molecule has 1 heterocycles. The number of thiazole rings is 1. The van der Waals surface area contributed by atoms with Crippen molar-refractivity contribution in [2.24, 2.45) is 0 Å². The highest BCUT2D eigenvalue weighted by molar-refractivity contribution is 7.07. The second-order valence-electron chi connectivity index (χ2n) is 4.61. The highest BCUT2D eigenvalue weighted by Gasteiger charge is 2.12. The van der Waals surface area contributed by atoms with Crippen LogP contribution in [0.1, 0.15) is 12.5 Å². The van der Waals surface area contributed by atoms with Gasteiger partial charge in [-0.05, 0) is 24.6 Å². The highest BCUT2D eigenvalue weighted by atomic mass is 32.1. The SMILES string of the molecule is CCOC(=O)/C=c1\[nH]c(=O)/c(=C\c2ccc(NC)c([N+](=O)[O-])c2)s1. The van der Waals surface area contributed by atoms with E-state index in [2.05, 4.69) is 10.3 Å². The first kappa shape index (κ1) is 17.4. The van der Waals surface area contributed by atoms with Crippen molar-refractivity contribution in [1.82, 2.24) is 4.98 Å². The summed E-state index contributed by atoms with van der Waals surface area (Å²) in [5, 5.41) is 13.8. The molecule has 126 valence electrons. The summed E-state index contributed by atoms with van der Waals surface area (Å²) in [6, 6.07) is 4.60. The van der Waals surface area contributed by atoms with Gasteiger partial charge in [-0.2, -0.15) is 0 Å². The van der Waals surface area contributed by atoms with Crippen LogP contribution in [0.4, 0.5) is 11.4 Å². The van der Waals surface area contributed by atoms with Gasteiger partial charge in [0.1, 0.15) is 10.4 Å². The minimum atomic E-state index is -0.546. The van der Waals surface area contributed by atoms with Gasteiger partial charge < -0.3 is 15.0 Å². The molecule has 0 unspecified atom stereocenters. The molecular formula is C15H15N3O5S. The van der Waals surface area contributed by atoms with E-state index in [1.54, 1.807) is 26.1 Å². The van der Waals surface area contributed by atoms with E-state index >= 15 is 0 Å². The fraction of sp³-hybridized carbons (Fsp3) is 0.200. The fourth-order valence-corrected chi connectivity index (χ4v) is 2.84. The van der Waals surface area contributed by atoms with Crippen molar-refractivity contribution in [3.8, 4) is 0 Å². The van der Waals surface area contributed by atoms with Crippen LogP contribution in [-0.2, 0) is 9.53 Å². The number of hydrogen-bond acceptors (Lipinski definition) is 7. The third-order valence-electron chi connectivity index (χ3n) is 3.00. The van der Waals surface area contributed by atoms with E-state index in [1.165, 1.54) is 18.2 Å². The van der Waals surface area contributed by atoms with Gasteiger partial charge >= 0.3 is 5.97 Å². The number of nitro groups is 1. The van der Waals surface area contributed by atoms with E-state index in [4.69, 9.17) is 4.74 Å². The molecule has 0 radical (unpaired) electrons. The molecule has 2 rings (SSSR count). The maximum Gasteiger partial charge on any atom is 0.333 e. The van der Waals surface area contributed by atoms with Crippen LogP contribution in [0.25, 0.3) is 12.2 Å². The number of nitrogens with zero attached hydrogens (tertiary/aromatic N) is 1. The summed E-state index contributed by atoms with van der Waals surface area (Å²) in [7, 11) is 1.59. The summed E-state index contributed by atoms with van der Waals surface area (Å²) in [6.45, 7) is 1.93. The smallest absolute Gasteiger partial charge is 0.333 e. The Morgan fingerprint density at radius 1 is 1.50 bits per heavy atom. The normalized spacial score (nSPS) is 12.2. The molecule has 0 saturated carbocycles. The van der Waals surface area contributed by atoms with E-state index in [1.807, 2.05) is 0 Å². The van der Waals surface area contributed by atoms with Crippen molar-refractivity contribution in [2.45, 2.75) is 6.92 Å². The monoisotopic (exact) mass is 349 g/mol. The number of H-pyrrole nitrogens is 1. The van der Waals surface area contributed by atoms with Crippen LogP contribution in [0, 0.1) is 10.1 Å². The van der Waals surface area contributed by atoms with E-state index in [-0.39, 0.29) is 17.9 Å². The molecule has 1 aromatic carbocycles. The van der Waals surface area contributed by atoms with E-state index < -0.39 is 10.9 Å². The molecule has 1 aromatic heterocycles. The van der Waals surface area contributed by atoms with Crippen molar-refractivity contribution < 1.29 is 14.5 Å². The number of esters is 1. The zero-order valence-corrected chi connectivity index (χ0v) is 13.8. The number of hydrogen-bond donors (Lipinski definition) is 2. The Bertz CT molecular complexity index is 945. The zero-order chi connectivity index (χ0) is 17.7. The molecule has 0 aliphatic heterocycles. The number of aromatic nitrogens is 1. The van der Waals surface area contributed by atoms with Gasteiger partial charge in [-0.15, -0.1) is 11.3 Å². The predicted molar refractivity (Wildman–Crippen MR) is 91.5 cm³/mol. The van der Waals surface area contributed by atoms with Gasteiger partial charge in [-0.1, -0.05) is 6.07 Å². The van der Waals surface area contributed by atoms with Gasteiger partial charge in [0.25, 0.3) is 11.2 Å². The van der Waals surface area contributed by atoms with Gasteiger partial charge in [0.05, 0.1) is 22.1 Å².